The fourth-order valence-electron chi connectivity index (χ4n) is 2.44. The van der Waals surface area contributed by atoms with Gasteiger partial charge in [0.05, 0.1) is 11.4 Å². The van der Waals surface area contributed by atoms with Crippen LogP contribution in [0.15, 0.2) is 0 Å². The molecule has 0 aliphatic heterocycles. The fourth-order valence-corrected chi connectivity index (χ4v) is 2.44. The minimum absolute atomic E-state index is 0.375. The first-order chi connectivity index (χ1) is 8.41. The second-order valence-electron chi connectivity index (χ2n) is 6.09. The van der Waals surface area contributed by atoms with Gasteiger partial charge < -0.3 is 10.6 Å². The van der Waals surface area contributed by atoms with Crippen LogP contribution < -0.4 is 10.6 Å². The number of nitrogen functional groups attached to an aromatic ring is 1. The molecule has 2 N–H and O–H groups in total. The van der Waals surface area contributed by atoms with Crippen LogP contribution in [0.3, 0.4) is 0 Å². The summed E-state index contributed by atoms with van der Waals surface area (Å²) in [6, 6.07) is 0.461. The second kappa shape index (κ2) is 4.82. The third kappa shape index (κ3) is 2.47. The highest BCUT2D eigenvalue weighted by atomic mass is 15.4. The largest absolute Gasteiger partial charge is 0.394 e. The minimum atomic E-state index is 0.375. The molecule has 0 unspecified atom stereocenters. The Morgan fingerprint density at radius 1 is 1.33 bits per heavy atom. The molecular formula is C14H26N4. The number of hydrogen-bond donors (Lipinski definition) is 1. The molecule has 4 nitrogen and oxygen atoms in total. The smallest absolute Gasteiger partial charge is 0.150 e. The quantitative estimate of drug-likeness (QED) is 0.874. The van der Waals surface area contributed by atoms with Crippen molar-refractivity contribution in [3.05, 3.63) is 5.69 Å². The average molecular weight is 250 g/mol. The number of hydrogen-bond acceptors (Lipinski definition) is 3. The molecule has 1 fully saturated rings. The Bertz CT molecular complexity index is 416. The molecule has 1 aliphatic carbocycles. The van der Waals surface area contributed by atoms with E-state index in [0.29, 0.717) is 12.0 Å². The van der Waals surface area contributed by atoms with E-state index in [4.69, 9.17) is 5.73 Å². The summed E-state index contributed by atoms with van der Waals surface area (Å²) in [6.45, 7) is 9.85. The molecule has 4 heteroatoms. The Kier molecular flexibility index (Phi) is 3.55. The number of aromatic nitrogens is 2. The van der Waals surface area contributed by atoms with E-state index in [1.807, 2.05) is 11.7 Å². The molecule has 0 atom stereocenters. The monoisotopic (exact) mass is 250 g/mol. The molecule has 1 aliphatic rings. The summed E-state index contributed by atoms with van der Waals surface area (Å²) in [6.07, 6.45) is 2.72. The highest BCUT2D eigenvalue weighted by molar-refractivity contribution is 5.67. The molecule has 102 valence electrons. The van der Waals surface area contributed by atoms with Gasteiger partial charge in [-0.05, 0) is 38.5 Å². The minimum Gasteiger partial charge on any atom is -0.394 e. The van der Waals surface area contributed by atoms with Crippen molar-refractivity contribution in [1.82, 2.24) is 9.78 Å². The first-order valence-corrected chi connectivity index (χ1v) is 7.00. The van der Waals surface area contributed by atoms with E-state index in [-0.39, 0.29) is 0 Å². The van der Waals surface area contributed by atoms with Crippen LogP contribution >= 0.6 is 0 Å². The highest BCUT2D eigenvalue weighted by Gasteiger charge is 2.29. The third-order valence-corrected chi connectivity index (χ3v) is 3.68. The molecule has 0 saturated heterocycles. The molecule has 0 aromatic carbocycles. The Morgan fingerprint density at radius 2 is 1.94 bits per heavy atom. The zero-order valence-corrected chi connectivity index (χ0v) is 12.3. The number of nitrogens with zero attached hydrogens (tertiary/aromatic N) is 3. The zero-order chi connectivity index (χ0) is 13.4. The summed E-state index contributed by atoms with van der Waals surface area (Å²) in [4.78, 5) is 2.41. The molecule has 0 amide bonds. The lowest BCUT2D eigenvalue weighted by molar-refractivity contribution is 0.608. The maximum absolute atomic E-state index is 6.31. The van der Waals surface area contributed by atoms with Gasteiger partial charge in [0.25, 0.3) is 0 Å². The van der Waals surface area contributed by atoms with Crippen molar-refractivity contribution in [1.29, 1.82) is 0 Å². The Hall–Kier alpha value is -1.19. The Labute approximate surface area is 110 Å². The summed E-state index contributed by atoms with van der Waals surface area (Å²) in [5.41, 5.74) is 8.20. The maximum atomic E-state index is 6.31. The van der Waals surface area contributed by atoms with Crippen LogP contribution in [-0.2, 0) is 7.05 Å². The van der Waals surface area contributed by atoms with Crippen LogP contribution in [0.2, 0.25) is 0 Å². The molecule has 1 aromatic heterocycles. The van der Waals surface area contributed by atoms with E-state index in [2.05, 4.69) is 37.7 Å². The van der Waals surface area contributed by atoms with Crippen LogP contribution in [0.25, 0.3) is 0 Å². The normalized spacial score (nSPS) is 15.7. The van der Waals surface area contributed by atoms with Crippen molar-refractivity contribution in [3.63, 3.8) is 0 Å². The van der Waals surface area contributed by atoms with Gasteiger partial charge in [-0.25, -0.2) is 0 Å². The predicted molar refractivity (Wildman–Crippen MR) is 76.9 cm³/mol. The zero-order valence-electron chi connectivity index (χ0n) is 12.3. The predicted octanol–water partition coefficient (Wildman–Crippen LogP) is 2.75. The van der Waals surface area contributed by atoms with Gasteiger partial charge in [0, 0.05) is 19.6 Å². The van der Waals surface area contributed by atoms with Gasteiger partial charge in [-0.2, -0.15) is 5.10 Å². The average Bonchev–Trinajstić information content (AvgIpc) is 3.03. The first kappa shape index (κ1) is 13.2. The van der Waals surface area contributed by atoms with E-state index in [1.165, 1.54) is 12.8 Å². The van der Waals surface area contributed by atoms with Gasteiger partial charge in [-0.15, -0.1) is 0 Å². The third-order valence-electron chi connectivity index (χ3n) is 3.68. The standard InChI is InChI=1S/C14H26N4/c1-9(2)13-12(15)14(17(5)16-13)18(10(3)4)8-11-6-7-11/h9-11H,6-8,15H2,1-5H3. The molecular weight excluding hydrogens is 224 g/mol. The van der Waals surface area contributed by atoms with Gasteiger partial charge in [0.1, 0.15) is 0 Å². The molecule has 18 heavy (non-hydrogen) atoms. The van der Waals surface area contributed by atoms with Gasteiger partial charge in [0.2, 0.25) is 0 Å². The van der Waals surface area contributed by atoms with Crippen molar-refractivity contribution < 1.29 is 0 Å². The molecule has 1 aromatic rings. The number of aryl methyl sites for hydroxylation is 1. The highest BCUT2D eigenvalue weighted by Crippen LogP contribution is 2.36. The van der Waals surface area contributed by atoms with Gasteiger partial charge >= 0.3 is 0 Å². The molecule has 0 bridgehead atoms. The summed E-state index contributed by atoms with van der Waals surface area (Å²) < 4.78 is 1.95. The topological polar surface area (TPSA) is 47.1 Å². The lowest BCUT2D eigenvalue weighted by Gasteiger charge is -2.29. The Balaban J connectivity index is 2.33. The molecule has 1 heterocycles. The maximum Gasteiger partial charge on any atom is 0.150 e. The summed E-state index contributed by atoms with van der Waals surface area (Å²) in [7, 11) is 2.00. The summed E-state index contributed by atoms with van der Waals surface area (Å²) in [5.74, 6) is 2.32. The summed E-state index contributed by atoms with van der Waals surface area (Å²) >= 11 is 0. The van der Waals surface area contributed by atoms with E-state index in [0.717, 1.165) is 29.7 Å². The molecule has 2 rings (SSSR count). The van der Waals surface area contributed by atoms with Crippen molar-refractivity contribution >= 4 is 11.5 Å². The number of anilines is 2. The van der Waals surface area contributed by atoms with E-state index in [9.17, 15) is 0 Å². The lowest BCUT2D eigenvalue weighted by atomic mass is 10.1. The number of nitrogens with two attached hydrogens (primary N) is 1. The van der Waals surface area contributed by atoms with Gasteiger partial charge in [-0.3, -0.25) is 4.68 Å². The van der Waals surface area contributed by atoms with E-state index in [1.54, 1.807) is 0 Å². The van der Waals surface area contributed by atoms with Gasteiger partial charge in [0.15, 0.2) is 5.82 Å². The van der Waals surface area contributed by atoms with Crippen LogP contribution in [0.1, 0.15) is 52.1 Å². The van der Waals surface area contributed by atoms with Crippen molar-refractivity contribution in [2.45, 2.75) is 52.5 Å². The molecule has 1 saturated carbocycles. The van der Waals surface area contributed by atoms with Crippen LogP contribution in [0.5, 0.6) is 0 Å². The fraction of sp³-hybridized carbons (Fsp3) is 0.786. The first-order valence-electron chi connectivity index (χ1n) is 7.00. The van der Waals surface area contributed by atoms with Crippen molar-refractivity contribution in [2.24, 2.45) is 13.0 Å². The van der Waals surface area contributed by atoms with Gasteiger partial charge in [-0.1, -0.05) is 13.8 Å². The SMILES string of the molecule is CC(C)c1nn(C)c(N(CC2CC2)C(C)C)c1N. The number of rotatable bonds is 5. The summed E-state index contributed by atoms with van der Waals surface area (Å²) in [5, 5.41) is 4.59. The second-order valence-corrected chi connectivity index (χ2v) is 6.09. The van der Waals surface area contributed by atoms with Crippen LogP contribution in [-0.4, -0.2) is 22.4 Å². The van der Waals surface area contributed by atoms with Crippen molar-refractivity contribution in [3.8, 4) is 0 Å². The van der Waals surface area contributed by atoms with Crippen LogP contribution in [0, 0.1) is 5.92 Å². The van der Waals surface area contributed by atoms with Crippen LogP contribution in [0.4, 0.5) is 11.5 Å². The molecule has 0 radical (unpaired) electrons. The van der Waals surface area contributed by atoms with Crippen molar-refractivity contribution in [2.75, 3.05) is 17.2 Å². The lowest BCUT2D eigenvalue weighted by Crippen LogP contribution is -2.34. The molecule has 0 spiro atoms. The Morgan fingerprint density at radius 3 is 2.33 bits per heavy atom. The van der Waals surface area contributed by atoms with E-state index >= 15 is 0 Å². The van der Waals surface area contributed by atoms with E-state index < -0.39 is 0 Å².